The Bertz CT molecular complexity index is 735. The van der Waals surface area contributed by atoms with Crippen molar-refractivity contribution in [1.29, 1.82) is 0 Å². The predicted molar refractivity (Wildman–Crippen MR) is 118 cm³/mol. The molecule has 3 fully saturated rings. The van der Waals surface area contributed by atoms with Crippen LogP contribution in [0.3, 0.4) is 0 Å². The molecule has 4 unspecified atom stereocenters. The number of anilines is 1. The molecular weight excluding hydrogens is 364 g/mol. The van der Waals surface area contributed by atoms with E-state index < -0.39 is 0 Å². The van der Waals surface area contributed by atoms with Crippen molar-refractivity contribution in [2.45, 2.75) is 58.2 Å². The molecule has 0 amide bonds. The predicted octanol–water partition coefficient (Wildman–Crippen LogP) is 3.03. The molecule has 2 heterocycles. The number of guanidine groups is 1. The maximum absolute atomic E-state index is 5.95. The summed E-state index contributed by atoms with van der Waals surface area (Å²) in [5, 5.41) is 7.48. The number of benzene rings is 1. The third kappa shape index (κ3) is 3.91. The van der Waals surface area contributed by atoms with Gasteiger partial charge < -0.3 is 25.0 Å². The average molecular weight is 401 g/mol. The van der Waals surface area contributed by atoms with Gasteiger partial charge >= 0.3 is 0 Å². The van der Waals surface area contributed by atoms with Crippen LogP contribution in [0.2, 0.25) is 0 Å². The fourth-order valence-corrected chi connectivity index (χ4v) is 5.45. The Labute approximate surface area is 175 Å². The highest BCUT2D eigenvalue weighted by Crippen LogP contribution is 2.52. The highest BCUT2D eigenvalue weighted by Gasteiger charge is 2.59. The lowest BCUT2D eigenvalue weighted by molar-refractivity contribution is -0.106. The van der Waals surface area contributed by atoms with E-state index in [4.69, 9.17) is 14.5 Å². The number of aliphatic imine (C=N–C) groups is 1. The van der Waals surface area contributed by atoms with E-state index in [-0.39, 0.29) is 5.41 Å². The molecule has 4 rings (SSSR count). The lowest BCUT2D eigenvalue weighted by atomic mass is 9.57. The molecule has 0 spiro atoms. The van der Waals surface area contributed by atoms with Gasteiger partial charge in [0.15, 0.2) is 5.96 Å². The van der Waals surface area contributed by atoms with Gasteiger partial charge in [0.2, 0.25) is 0 Å². The minimum atomic E-state index is 0.146. The van der Waals surface area contributed by atoms with Crippen LogP contribution in [0.4, 0.5) is 5.69 Å². The van der Waals surface area contributed by atoms with Crippen LogP contribution in [0.1, 0.15) is 40.0 Å². The minimum absolute atomic E-state index is 0.146. The van der Waals surface area contributed by atoms with Gasteiger partial charge in [-0.15, -0.1) is 0 Å². The van der Waals surface area contributed by atoms with Crippen LogP contribution in [0, 0.1) is 11.3 Å². The summed E-state index contributed by atoms with van der Waals surface area (Å²) in [4.78, 5) is 7.19. The van der Waals surface area contributed by atoms with E-state index in [2.05, 4.69) is 48.4 Å². The fourth-order valence-electron chi connectivity index (χ4n) is 5.45. The average Bonchev–Trinajstić information content (AvgIpc) is 3.19. The summed E-state index contributed by atoms with van der Waals surface area (Å²) in [6.07, 6.45) is 3.84. The normalized spacial score (nSPS) is 31.0. The number of ether oxygens (including phenoxy) is 2. The summed E-state index contributed by atoms with van der Waals surface area (Å²) in [5.41, 5.74) is 1.32. The summed E-state index contributed by atoms with van der Waals surface area (Å²) in [6, 6.07) is 9.08. The van der Waals surface area contributed by atoms with Crippen molar-refractivity contribution in [2.75, 3.05) is 38.3 Å². The number of piperidine rings is 1. The molecule has 6 nitrogen and oxygen atoms in total. The van der Waals surface area contributed by atoms with Crippen molar-refractivity contribution in [3.63, 3.8) is 0 Å². The van der Waals surface area contributed by atoms with Gasteiger partial charge in [-0.1, -0.05) is 26.0 Å². The van der Waals surface area contributed by atoms with E-state index in [0.29, 0.717) is 24.1 Å². The van der Waals surface area contributed by atoms with Gasteiger partial charge in [-0.05, 0) is 38.3 Å². The molecule has 1 aromatic carbocycles. The third-order valence-electron chi connectivity index (χ3n) is 6.90. The largest absolute Gasteiger partial charge is 0.495 e. The van der Waals surface area contributed by atoms with Crippen molar-refractivity contribution in [3.8, 4) is 5.75 Å². The number of hydrogen-bond donors (Lipinski definition) is 2. The van der Waals surface area contributed by atoms with E-state index in [1.807, 2.05) is 12.1 Å². The first-order chi connectivity index (χ1) is 14.0. The van der Waals surface area contributed by atoms with Gasteiger partial charge in [-0.2, -0.15) is 0 Å². The number of methoxy groups -OCH3 is 1. The van der Waals surface area contributed by atoms with Gasteiger partial charge in [0, 0.05) is 49.7 Å². The monoisotopic (exact) mass is 400 g/mol. The second kappa shape index (κ2) is 8.42. The highest BCUT2D eigenvalue weighted by molar-refractivity contribution is 5.81. The van der Waals surface area contributed by atoms with Crippen molar-refractivity contribution in [2.24, 2.45) is 16.3 Å². The lowest BCUT2D eigenvalue weighted by Crippen LogP contribution is -2.68. The Morgan fingerprint density at radius 3 is 2.90 bits per heavy atom. The van der Waals surface area contributed by atoms with Crippen molar-refractivity contribution >= 4 is 11.6 Å². The van der Waals surface area contributed by atoms with E-state index in [1.165, 1.54) is 5.69 Å². The number of nitrogens with one attached hydrogen (secondary N) is 2. The molecule has 4 atom stereocenters. The van der Waals surface area contributed by atoms with Gasteiger partial charge in [-0.25, -0.2) is 0 Å². The van der Waals surface area contributed by atoms with Gasteiger partial charge in [0.05, 0.1) is 18.9 Å². The zero-order valence-corrected chi connectivity index (χ0v) is 18.3. The molecule has 1 saturated carbocycles. The third-order valence-corrected chi connectivity index (χ3v) is 6.90. The fraction of sp³-hybridized carbons (Fsp3) is 0.696. The Balaban J connectivity index is 1.41. The first-order valence-corrected chi connectivity index (χ1v) is 11.1. The quantitative estimate of drug-likeness (QED) is 0.588. The molecule has 1 aliphatic carbocycles. The van der Waals surface area contributed by atoms with Crippen LogP contribution in [0.15, 0.2) is 29.3 Å². The van der Waals surface area contributed by atoms with Crippen LogP contribution in [-0.4, -0.2) is 57.5 Å². The molecule has 2 N–H and O–H groups in total. The Hall–Kier alpha value is -1.95. The molecule has 1 aromatic rings. The Morgan fingerprint density at radius 2 is 2.10 bits per heavy atom. The topological polar surface area (TPSA) is 58.1 Å². The van der Waals surface area contributed by atoms with Gasteiger partial charge in [-0.3, -0.25) is 4.99 Å². The number of para-hydroxylation sites is 2. The summed E-state index contributed by atoms with van der Waals surface area (Å²) in [6.45, 7) is 10.4. The molecule has 3 aliphatic rings. The maximum Gasteiger partial charge on any atom is 0.191 e. The second-order valence-electron chi connectivity index (χ2n) is 9.11. The van der Waals surface area contributed by atoms with Gasteiger partial charge in [0.1, 0.15) is 5.75 Å². The van der Waals surface area contributed by atoms with E-state index in [9.17, 15) is 0 Å². The maximum atomic E-state index is 5.95. The molecule has 0 bridgehead atoms. The molecule has 0 radical (unpaired) electrons. The van der Waals surface area contributed by atoms with Crippen molar-refractivity contribution in [3.05, 3.63) is 24.3 Å². The van der Waals surface area contributed by atoms with Gasteiger partial charge in [0.25, 0.3) is 0 Å². The number of rotatable bonds is 5. The van der Waals surface area contributed by atoms with Crippen molar-refractivity contribution < 1.29 is 9.47 Å². The first-order valence-electron chi connectivity index (χ1n) is 11.1. The number of fused-ring (bicyclic) bond motifs is 1. The number of hydrogen-bond acceptors (Lipinski definition) is 4. The van der Waals surface area contributed by atoms with E-state index in [0.717, 1.165) is 57.2 Å². The van der Waals surface area contributed by atoms with Crippen LogP contribution in [0.5, 0.6) is 5.75 Å². The SMILES string of the molecule is CCN=C(NC1CCCN(c2ccccc2OC)C1)NC1C2CCOC2C1(C)C. The smallest absolute Gasteiger partial charge is 0.191 e. The first kappa shape index (κ1) is 20.3. The summed E-state index contributed by atoms with van der Waals surface area (Å²) >= 11 is 0. The number of nitrogens with zero attached hydrogens (tertiary/aromatic N) is 2. The van der Waals surface area contributed by atoms with E-state index in [1.54, 1.807) is 7.11 Å². The summed E-state index contributed by atoms with van der Waals surface area (Å²) in [5.74, 6) is 2.49. The minimum Gasteiger partial charge on any atom is -0.495 e. The zero-order chi connectivity index (χ0) is 20.4. The van der Waals surface area contributed by atoms with Crippen LogP contribution < -0.4 is 20.3 Å². The molecule has 6 heteroatoms. The molecule has 2 aliphatic heterocycles. The Morgan fingerprint density at radius 1 is 1.28 bits per heavy atom. The molecule has 2 saturated heterocycles. The summed E-state index contributed by atoms with van der Waals surface area (Å²) < 4.78 is 11.5. The molecular formula is C23H36N4O2. The standard InChI is InChI=1S/C23H36N4O2/c1-5-24-22(26-20-17-12-14-29-21(17)23(20,2)3)25-16-9-8-13-27(15-16)18-10-6-7-11-19(18)28-4/h6-7,10-11,16-17,20-21H,5,8-9,12-15H2,1-4H3,(H2,24,25,26). The zero-order valence-electron chi connectivity index (χ0n) is 18.3. The second-order valence-corrected chi connectivity index (χ2v) is 9.11. The Kier molecular flexibility index (Phi) is 5.91. The van der Waals surface area contributed by atoms with E-state index >= 15 is 0 Å². The molecule has 29 heavy (non-hydrogen) atoms. The molecule has 160 valence electrons. The summed E-state index contributed by atoms with van der Waals surface area (Å²) in [7, 11) is 1.74. The van der Waals surface area contributed by atoms with Crippen LogP contribution in [0.25, 0.3) is 0 Å². The van der Waals surface area contributed by atoms with Crippen LogP contribution in [-0.2, 0) is 4.74 Å². The van der Waals surface area contributed by atoms with Crippen molar-refractivity contribution in [1.82, 2.24) is 10.6 Å². The molecule has 0 aromatic heterocycles. The lowest BCUT2D eigenvalue weighted by Gasteiger charge is -2.55. The van der Waals surface area contributed by atoms with Crippen LogP contribution >= 0.6 is 0 Å². The highest BCUT2D eigenvalue weighted by atomic mass is 16.5.